The Labute approximate surface area is 127 Å². The summed E-state index contributed by atoms with van der Waals surface area (Å²) in [6.45, 7) is 13.7. The van der Waals surface area contributed by atoms with Gasteiger partial charge in [0.15, 0.2) is 0 Å². The van der Waals surface area contributed by atoms with Gasteiger partial charge in [-0.3, -0.25) is 0 Å². The second-order valence-electron chi connectivity index (χ2n) is 8.40. The molecule has 1 heteroatoms. The summed E-state index contributed by atoms with van der Waals surface area (Å²) in [6, 6.07) is 0. The highest BCUT2D eigenvalue weighted by Gasteiger charge is 2.26. The molecular weight excluding hydrogens is 242 g/mol. The van der Waals surface area contributed by atoms with E-state index in [4.69, 9.17) is 0 Å². The third-order valence-corrected chi connectivity index (χ3v) is 5.86. The molecule has 2 aliphatic rings. The maximum Gasteiger partial charge on any atom is 0.000966 e. The van der Waals surface area contributed by atoms with E-state index in [0.717, 1.165) is 29.6 Å². The van der Waals surface area contributed by atoms with Gasteiger partial charge in [0.25, 0.3) is 0 Å². The van der Waals surface area contributed by atoms with Gasteiger partial charge in [0, 0.05) is 6.54 Å². The van der Waals surface area contributed by atoms with Crippen molar-refractivity contribution < 1.29 is 0 Å². The maximum absolute atomic E-state index is 2.77. The Morgan fingerprint density at radius 1 is 0.800 bits per heavy atom. The van der Waals surface area contributed by atoms with E-state index in [1.54, 1.807) is 0 Å². The van der Waals surface area contributed by atoms with Gasteiger partial charge in [0.05, 0.1) is 0 Å². The molecular formula is C19H37N. The lowest BCUT2D eigenvalue weighted by atomic mass is 9.76. The van der Waals surface area contributed by atoms with Crippen LogP contribution in [0.4, 0.5) is 0 Å². The van der Waals surface area contributed by atoms with E-state index in [-0.39, 0.29) is 0 Å². The Balaban J connectivity index is 1.64. The van der Waals surface area contributed by atoms with Crippen molar-refractivity contribution in [3.63, 3.8) is 0 Å². The van der Waals surface area contributed by atoms with Gasteiger partial charge in [-0.15, -0.1) is 0 Å². The summed E-state index contributed by atoms with van der Waals surface area (Å²) in [5.41, 5.74) is 0. The van der Waals surface area contributed by atoms with Crippen molar-refractivity contribution in [2.24, 2.45) is 29.6 Å². The van der Waals surface area contributed by atoms with Crippen LogP contribution in [0.15, 0.2) is 0 Å². The molecule has 0 N–H and O–H groups in total. The number of hydrogen-bond donors (Lipinski definition) is 0. The highest BCUT2D eigenvalue weighted by Crippen LogP contribution is 2.34. The van der Waals surface area contributed by atoms with Crippen molar-refractivity contribution in [3.8, 4) is 0 Å². The summed E-state index contributed by atoms with van der Waals surface area (Å²) in [7, 11) is 0. The fourth-order valence-electron chi connectivity index (χ4n) is 4.47. The van der Waals surface area contributed by atoms with Gasteiger partial charge in [-0.2, -0.15) is 0 Å². The molecule has 1 aliphatic heterocycles. The van der Waals surface area contributed by atoms with E-state index in [1.165, 1.54) is 64.6 Å². The first-order chi connectivity index (χ1) is 9.54. The molecule has 1 saturated carbocycles. The SMILES string of the molecule is CC(C)CC1CCN(CC2CCC(C(C)C)CC2)CC1. The van der Waals surface area contributed by atoms with Crippen molar-refractivity contribution in [2.45, 2.75) is 72.6 Å². The largest absolute Gasteiger partial charge is 0.303 e. The van der Waals surface area contributed by atoms with Gasteiger partial charge in [-0.1, -0.05) is 27.7 Å². The molecule has 2 rings (SSSR count). The summed E-state index contributed by atoms with van der Waals surface area (Å²) >= 11 is 0. The van der Waals surface area contributed by atoms with Crippen LogP contribution >= 0.6 is 0 Å². The van der Waals surface area contributed by atoms with E-state index in [2.05, 4.69) is 32.6 Å². The molecule has 0 unspecified atom stereocenters. The quantitative estimate of drug-likeness (QED) is 0.668. The molecule has 0 atom stereocenters. The number of nitrogens with zero attached hydrogens (tertiary/aromatic N) is 1. The van der Waals surface area contributed by atoms with Crippen molar-refractivity contribution in [1.82, 2.24) is 4.90 Å². The van der Waals surface area contributed by atoms with Crippen LogP contribution in [0.3, 0.4) is 0 Å². The van der Waals surface area contributed by atoms with Gasteiger partial charge >= 0.3 is 0 Å². The van der Waals surface area contributed by atoms with Crippen molar-refractivity contribution in [1.29, 1.82) is 0 Å². The van der Waals surface area contributed by atoms with E-state index in [9.17, 15) is 0 Å². The molecule has 0 bridgehead atoms. The van der Waals surface area contributed by atoms with E-state index >= 15 is 0 Å². The van der Waals surface area contributed by atoms with E-state index in [1.807, 2.05) is 0 Å². The Morgan fingerprint density at radius 2 is 1.40 bits per heavy atom. The normalized spacial score (nSPS) is 30.3. The van der Waals surface area contributed by atoms with Crippen LogP contribution in [-0.2, 0) is 0 Å². The lowest BCUT2D eigenvalue weighted by Gasteiger charge is -2.37. The first-order valence-corrected chi connectivity index (χ1v) is 9.27. The van der Waals surface area contributed by atoms with Gasteiger partial charge < -0.3 is 4.90 Å². The smallest absolute Gasteiger partial charge is 0.000966 e. The predicted octanol–water partition coefficient (Wildman–Crippen LogP) is 5.21. The number of rotatable bonds is 5. The lowest BCUT2D eigenvalue weighted by molar-refractivity contribution is 0.122. The summed E-state index contributed by atoms with van der Waals surface area (Å²) in [4.78, 5) is 2.77. The van der Waals surface area contributed by atoms with Crippen LogP contribution < -0.4 is 0 Å². The fraction of sp³-hybridized carbons (Fsp3) is 1.00. The summed E-state index contributed by atoms with van der Waals surface area (Å²) < 4.78 is 0. The molecule has 1 saturated heterocycles. The Hall–Kier alpha value is -0.0400. The van der Waals surface area contributed by atoms with Crippen LogP contribution in [-0.4, -0.2) is 24.5 Å². The minimum absolute atomic E-state index is 0.887. The molecule has 1 nitrogen and oxygen atoms in total. The highest BCUT2D eigenvalue weighted by molar-refractivity contribution is 4.79. The molecule has 1 heterocycles. The van der Waals surface area contributed by atoms with E-state index in [0.29, 0.717) is 0 Å². The minimum Gasteiger partial charge on any atom is -0.303 e. The average Bonchev–Trinajstić information content (AvgIpc) is 2.41. The lowest BCUT2D eigenvalue weighted by Crippen LogP contribution is -2.38. The van der Waals surface area contributed by atoms with Crippen LogP contribution in [0.1, 0.15) is 72.6 Å². The maximum atomic E-state index is 2.77. The number of piperidine rings is 1. The predicted molar refractivity (Wildman–Crippen MR) is 88.9 cm³/mol. The van der Waals surface area contributed by atoms with E-state index < -0.39 is 0 Å². The second kappa shape index (κ2) is 7.82. The molecule has 0 aromatic heterocycles. The molecule has 118 valence electrons. The molecule has 0 radical (unpaired) electrons. The Kier molecular flexibility index (Phi) is 6.39. The molecule has 0 spiro atoms. The number of hydrogen-bond acceptors (Lipinski definition) is 1. The monoisotopic (exact) mass is 279 g/mol. The standard InChI is InChI=1S/C19H37N/c1-15(2)13-17-9-11-20(12-10-17)14-18-5-7-19(8-6-18)16(3)4/h15-19H,5-14H2,1-4H3. The summed E-state index contributed by atoms with van der Waals surface area (Å²) in [5, 5.41) is 0. The fourth-order valence-corrected chi connectivity index (χ4v) is 4.47. The third kappa shape index (κ3) is 5.06. The molecule has 0 aromatic rings. The van der Waals surface area contributed by atoms with Crippen LogP contribution in [0.5, 0.6) is 0 Å². The third-order valence-electron chi connectivity index (χ3n) is 5.86. The Bertz CT molecular complexity index is 255. The van der Waals surface area contributed by atoms with Gasteiger partial charge in [-0.05, 0) is 87.6 Å². The Morgan fingerprint density at radius 3 is 1.90 bits per heavy atom. The zero-order valence-electron chi connectivity index (χ0n) is 14.4. The van der Waals surface area contributed by atoms with Gasteiger partial charge in [0.1, 0.15) is 0 Å². The molecule has 20 heavy (non-hydrogen) atoms. The topological polar surface area (TPSA) is 3.24 Å². The summed E-state index contributed by atoms with van der Waals surface area (Å²) in [5.74, 6) is 4.83. The van der Waals surface area contributed by atoms with Gasteiger partial charge in [-0.25, -0.2) is 0 Å². The summed E-state index contributed by atoms with van der Waals surface area (Å²) in [6.07, 6.45) is 10.3. The molecule has 0 aromatic carbocycles. The van der Waals surface area contributed by atoms with Crippen molar-refractivity contribution in [2.75, 3.05) is 19.6 Å². The first-order valence-electron chi connectivity index (χ1n) is 9.27. The van der Waals surface area contributed by atoms with Crippen molar-refractivity contribution in [3.05, 3.63) is 0 Å². The molecule has 1 aliphatic carbocycles. The second-order valence-corrected chi connectivity index (χ2v) is 8.40. The zero-order chi connectivity index (χ0) is 14.5. The molecule has 0 amide bonds. The first kappa shape index (κ1) is 16.3. The molecule has 2 fully saturated rings. The van der Waals surface area contributed by atoms with Crippen LogP contribution in [0.2, 0.25) is 0 Å². The highest BCUT2D eigenvalue weighted by atomic mass is 15.1. The average molecular weight is 280 g/mol. The van der Waals surface area contributed by atoms with Gasteiger partial charge in [0.2, 0.25) is 0 Å². The number of likely N-dealkylation sites (tertiary alicyclic amines) is 1. The van der Waals surface area contributed by atoms with Crippen LogP contribution in [0.25, 0.3) is 0 Å². The van der Waals surface area contributed by atoms with Crippen molar-refractivity contribution >= 4 is 0 Å². The minimum atomic E-state index is 0.887. The zero-order valence-corrected chi connectivity index (χ0v) is 14.4. The van der Waals surface area contributed by atoms with Crippen LogP contribution in [0, 0.1) is 29.6 Å².